The number of hydrogen-bond acceptors (Lipinski definition) is 3. The molecule has 0 saturated heterocycles. The van der Waals surface area contributed by atoms with Crippen molar-refractivity contribution in [3.63, 3.8) is 0 Å². The third-order valence-corrected chi connectivity index (χ3v) is 0.825. The molecule has 0 aromatic carbocycles. The van der Waals surface area contributed by atoms with Crippen LogP contribution in [0.25, 0.3) is 0 Å². The van der Waals surface area contributed by atoms with Crippen molar-refractivity contribution >= 4 is 18.4 Å². The number of halogens is 1. The van der Waals surface area contributed by atoms with Gasteiger partial charge in [-0.05, 0) is 13.5 Å². The van der Waals surface area contributed by atoms with Gasteiger partial charge < -0.3 is 10.1 Å². The monoisotopic (exact) mass is 167 g/mol. The Balaban J connectivity index is 0. The Kier molecular flexibility index (Phi) is 10.8. The molecule has 0 amide bonds. The molecule has 0 radical (unpaired) electrons. The molecule has 0 bridgehead atoms. The molecule has 1 N–H and O–H groups in total. The highest BCUT2D eigenvalue weighted by Gasteiger charge is 1.96. The zero-order valence-corrected chi connectivity index (χ0v) is 7.16. The summed E-state index contributed by atoms with van der Waals surface area (Å²) in [5.74, 6) is -0.181. The summed E-state index contributed by atoms with van der Waals surface area (Å²) in [6, 6.07) is 0. The van der Waals surface area contributed by atoms with Crippen LogP contribution >= 0.6 is 12.4 Å². The summed E-state index contributed by atoms with van der Waals surface area (Å²) in [6.07, 6.45) is 0. The Labute approximate surface area is 67.5 Å². The van der Waals surface area contributed by atoms with Crippen LogP contribution in [-0.4, -0.2) is 25.7 Å². The maximum Gasteiger partial charge on any atom is 0.319 e. The average Bonchev–Trinajstić information content (AvgIpc) is 1.85. The van der Waals surface area contributed by atoms with E-state index in [9.17, 15) is 4.79 Å². The lowest BCUT2D eigenvalue weighted by Crippen LogP contribution is -2.24. The molecular formula is C6H14ClNO2. The number of esters is 1. The van der Waals surface area contributed by atoms with Crippen molar-refractivity contribution in [2.45, 2.75) is 13.8 Å². The van der Waals surface area contributed by atoms with Crippen LogP contribution < -0.4 is 5.32 Å². The van der Waals surface area contributed by atoms with Gasteiger partial charge in [-0.3, -0.25) is 4.79 Å². The number of rotatable bonds is 4. The van der Waals surface area contributed by atoms with Crippen molar-refractivity contribution in [3.05, 3.63) is 0 Å². The van der Waals surface area contributed by atoms with Gasteiger partial charge in [-0.25, -0.2) is 0 Å². The summed E-state index contributed by atoms with van der Waals surface area (Å²) in [5, 5.41) is 2.86. The van der Waals surface area contributed by atoms with Gasteiger partial charge in [0, 0.05) is 0 Å². The lowest BCUT2D eigenvalue weighted by molar-refractivity contribution is -0.141. The van der Waals surface area contributed by atoms with E-state index >= 15 is 0 Å². The summed E-state index contributed by atoms with van der Waals surface area (Å²) >= 11 is 0. The number of ether oxygens (including phenoxy) is 1. The van der Waals surface area contributed by atoms with E-state index in [1.165, 1.54) is 0 Å². The van der Waals surface area contributed by atoms with Crippen LogP contribution in [0.3, 0.4) is 0 Å². The van der Waals surface area contributed by atoms with Crippen LogP contribution in [0.4, 0.5) is 0 Å². The molecule has 0 atom stereocenters. The van der Waals surface area contributed by atoms with Gasteiger partial charge in [0.1, 0.15) is 0 Å². The smallest absolute Gasteiger partial charge is 0.319 e. The molecule has 0 unspecified atom stereocenters. The minimum absolute atomic E-state index is 0. The molecule has 0 saturated carbocycles. The summed E-state index contributed by atoms with van der Waals surface area (Å²) < 4.78 is 4.64. The molecule has 0 aliphatic heterocycles. The van der Waals surface area contributed by atoms with Gasteiger partial charge in [0.2, 0.25) is 0 Å². The van der Waals surface area contributed by atoms with Crippen molar-refractivity contribution < 1.29 is 9.53 Å². The van der Waals surface area contributed by atoms with Gasteiger partial charge in [0.25, 0.3) is 0 Å². The third kappa shape index (κ3) is 7.72. The van der Waals surface area contributed by atoms with Crippen LogP contribution in [0.2, 0.25) is 0 Å². The highest BCUT2D eigenvalue weighted by Crippen LogP contribution is 1.73. The molecule has 0 rings (SSSR count). The fourth-order valence-corrected chi connectivity index (χ4v) is 0.439. The summed E-state index contributed by atoms with van der Waals surface area (Å²) in [4.78, 5) is 10.5. The van der Waals surface area contributed by atoms with Crippen LogP contribution in [0.1, 0.15) is 13.8 Å². The van der Waals surface area contributed by atoms with Crippen LogP contribution in [0.5, 0.6) is 0 Å². The molecule has 10 heavy (non-hydrogen) atoms. The molecule has 0 fully saturated rings. The number of hydrogen-bond donors (Lipinski definition) is 1. The molecule has 3 nitrogen and oxygen atoms in total. The van der Waals surface area contributed by atoms with E-state index in [-0.39, 0.29) is 18.4 Å². The zero-order chi connectivity index (χ0) is 7.11. The first-order valence-electron chi connectivity index (χ1n) is 3.17. The van der Waals surface area contributed by atoms with Gasteiger partial charge in [0.05, 0.1) is 13.2 Å². The Hall–Kier alpha value is -0.280. The lowest BCUT2D eigenvalue weighted by atomic mass is 10.6. The highest BCUT2D eigenvalue weighted by molar-refractivity contribution is 5.85. The highest BCUT2D eigenvalue weighted by atomic mass is 35.5. The molecule has 0 aliphatic carbocycles. The van der Waals surface area contributed by atoms with E-state index < -0.39 is 0 Å². The van der Waals surface area contributed by atoms with Gasteiger partial charge >= 0.3 is 5.97 Å². The van der Waals surface area contributed by atoms with Crippen LogP contribution in [0.15, 0.2) is 0 Å². The van der Waals surface area contributed by atoms with E-state index in [2.05, 4.69) is 10.1 Å². The van der Waals surface area contributed by atoms with Gasteiger partial charge in [0.15, 0.2) is 0 Å². The Bertz CT molecular complexity index is 87.8. The van der Waals surface area contributed by atoms with Crippen molar-refractivity contribution in [1.82, 2.24) is 5.32 Å². The second-order valence-corrected chi connectivity index (χ2v) is 1.59. The zero-order valence-electron chi connectivity index (χ0n) is 6.35. The first-order valence-corrected chi connectivity index (χ1v) is 3.17. The van der Waals surface area contributed by atoms with Crippen molar-refractivity contribution in [2.24, 2.45) is 0 Å². The molecule has 0 aliphatic rings. The summed E-state index contributed by atoms with van der Waals surface area (Å²) in [7, 11) is 0. The van der Waals surface area contributed by atoms with Gasteiger partial charge in [-0.1, -0.05) is 6.92 Å². The lowest BCUT2D eigenvalue weighted by Gasteiger charge is -1.99. The van der Waals surface area contributed by atoms with Gasteiger partial charge in [-0.2, -0.15) is 0 Å². The topological polar surface area (TPSA) is 38.3 Å². The standard InChI is InChI=1S/C6H13NO2.ClH/c1-3-7-5-6(8)9-4-2;/h7H,3-5H2,1-2H3;1H. The molecule has 0 spiro atoms. The van der Waals surface area contributed by atoms with E-state index in [0.717, 1.165) is 6.54 Å². The number of nitrogens with one attached hydrogen (secondary N) is 1. The third-order valence-electron chi connectivity index (χ3n) is 0.825. The average molecular weight is 168 g/mol. The Morgan fingerprint density at radius 3 is 2.50 bits per heavy atom. The second kappa shape index (κ2) is 8.72. The van der Waals surface area contributed by atoms with Crippen LogP contribution in [0, 0.1) is 0 Å². The maximum atomic E-state index is 10.5. The van der Waals surface area contributed by atoms with Crippen molar-refractivity contribution in [3.8, 4) is 0 Å². The first-order chi connectivity index (χ1) is 4.31. The van der Waals surface area contributed by atoms with Crippen molar-refractivity contribution in [2.75, 3.05) is 19.7 Å². The van der Waals surface area contributed by atoms with E-state index in [4.69, 9.17) is 0 Å². The first kappa shape index (κ1) is 12.4. The van der Waals surface area contributed by atoms with E-state index in [0.29, 0.717) is 13.2 Å². The quantitative estimate of drug-likeness (QED) is 0.623. The van der Waals surface area contributed by atoms with Crippen molar-refractivity contribution in [1.29, 1.82) is 0 Å². The molecule has 0 aromatic rings. The van der Waals surface area contributed by atoms with E-state index in [1.54, 1.807) is 6.92 Å². The Morgan fingerprint density at radius 2 is 2.10 bits per heavy atom. The number of carbonyl (C=O) groups excluding carboxylic acids is 1. The number of likely N-dealkylation sites (N-methyl/N-ethyl adjacent to an activating group) is 1. The van der Waals surface area contributed by atoms with Gasteiger partial charge in [-0.15, -0.1) is 12.4 Å². The summed E-state index contributed by atoms with van der Waals surface area (Å²) in [5.41, 5.74) is 0. The largest absolute Gasteiger partial charge is 0.465 e. The minimum Gasteiger partial charge on any atom is -0.465 e. The normalized spacial score (nSPS) is 8.20. The fourth-order valence-electron chi connectivity index (χ4n) is 0.439. The Morgan fingerprint density at radius 1 is 1.50 bits per heavy atom. The summed E-state index contributed by atoms with van der Waals surface area (Å²) in [6.45, 7) is 5.33. The maximum absolute atomic E-state index is 10.5. The fraction of sp³-hybridized carbons (Fsp3) is 0.833. The second-order valence-electron chi connectivity index (χ2n) is 1.59. The van der Waals surface area contributed by atoms with E-state index in [1.807, 2.05) is 6.92 Å². The number of carbonyl (C=O) groups is 1. The molecular weight excluding hydrogens is 154 g/mol. The predicted octanol–water partition coefficient (Wildman–Crippen LogP) is 0.581. The van der Waals surface area contributed by atoms with Crippen LogP contribution in [-0.2, 0) is 9.53 Å². The molecule has 62 valence electrons. The SMILES string of the molecule is CCNCC(=O)OCC.Cl. The molecule has 4 heteroatoms. The predicted molar refractivity (Wildman–Crippen MR) is 42.4 cm³/mol. The minimum atomic E-state index is -0.181. The molecule has 0 aromatic heterocycles. The molecule has 0 heterocycles.